The predicted octanol–water partition coefficient (Wildman–Crippen LogP) is 2.04. The Hall–Kier alpha value is -2.86. The van der Waals surface area contributed by atoms with Crippen LogP contribution in [0.25, 0.3) is 0 Å². The van der Waals surface area contributed by atoms with Crippen molar-refractivity contribution in [2.45, 2.75) is 18.9 Å². The van der Waals surface area contributed by atoms with Crippen molar-refractivity contribution in [3.63, 3.8) is 0 Å². The van der Waals surface area contributed by atoms with Gasteiger partial charge in [0.2, 0.25) is 5.91 Å². The lowest BCUT2D eigenvalue weighted by atomic mass is 10.1. The van der Waals surface area contributed by atoms with Gasteiger partial charge in [-0.15, -0.1) is 0 Å². The normalized spacial score (nSPS) is 11.5. The Morgan fingerprint density at radius 2 is 1.65 bits per heavy atom. The highest BCUT2D eigenvalue weighted by Gasteiger charge is 2.12. The molecule has 2 rings (SSSR count). The number of benzene rings is 2. The van der Waals surface area contributed by atoms with Gasteiger partial charge in [0.15, 0.2) is 0 Å². The monoisotopic (exact) mass is 355 g/mol. The molecular weight excluding hydrogens is 330 g/mol. The van der Waals surface area contributed by atoms with Crippen molar-refractivity contribution in [2.24, 2.45) is 0 Å². The maximum Gasteiger partial charge on any atom is 0.319 e. The number of carbonyl (C=O) groups excluding carboxylic acids is 2. The van der Waals surface area contributed by atoms with Gasteiger partial charge in [-0.2, -0.15) is 0 Å². The minimum atomic E-state index is -0.378. The summed E-state index contributed by atoms with van der Waals surface area (Å²) < 4.78 is 0. The summed E-state index contributed by atoms with van der Waals surface area (Å²) >= 11 is 0. The van der Waals surface area contributed by atoms with E-state index in [9.17, 15) is 14.7 Å². The Labute approximate surface area is 153 Å². The highest BCUT2D eigenvalue weighted by molar-refractivity contribution is 5.89. The van der Waals surface area contributed by atoms with Crippen LogP contribution in [0.2, 0.25) is 0 Å². The van der Waals surface area contributed by atoms with Crippen molar-refractivity contribution >= 4 is 17.6 Å². The summed E-state index contributed by atoms with van der Waals surface area (Å²) in [5, 5.41) is 15.0. The van der Waals surface area contributed by atoms with E-state index in [0.29, 0.717) is 18.5 Å². The van der Waals surface area contributed by atoms with Crippen LogP contribution in [0.15, 0.2) is 54.6 Å². The number of carbonyl (C=O) groups is 2. The van der Waals surface area contributed by atoms with Gasteiger partial charge in [-0.05, 0) is 29.7 Å². The molecule has 2 aromatic rings. The van der Waals surface area contributed by atoms with Crippen LogP contribution in [0, 0.1) is 0 Å². The van der Waals surface area contributed by atoms with E-state index in [0.717, 1.165) is 11.1 Å². The number of urea groups is 1. The van der Waals surface area contributed by atoms with Gasteiger partial charge in [0.25, 0.3) is 0 Å². The molecule has 0 radical (unpaired) electrons. The first-order chi connectivity index (χ1) is 12.5. The quantitative estimate of drug-likeness (QED) is 0.711. The Balaban J connectivity index is 1.87. The Morgan fingerprint density at radius 3 is 2.23 bits per heavy atom. The fourth-order valence-electron chi connectivity index (χ4n) is 2.45. The molecule has 0 aromatic heterocycles. The highest BCUT2D eigenvalue weighted by atomic mass is 16.3. The molecular formula is C20H25N3O3. The molecule has 1 unspecified atom stereocenters. The average Bonchev–Trinajstić information content (AvgIpc) is 2.63. The summed E-state index contributed by atoms with van der Waals surface area (Å²) in [7, 11) is 3.44. The molecule has 3 amide bonds. The van der Waals surface area contributed by atoms with Gasteiger partial charge in [0, 0.05) is 19.8 Å². The minimum absolute atomic E-state index is 0.0233. The van der Waals surface area contributed by atoms with Crippen LogP contribution in [0.1, 0.15) is 11.1 Å². The van der Waals surface area contributed by atoms with Gasteiger partial charge in [0.05, 0.1) is 19.1 Å². The smallest absolute Gasteiger partial charge is 0.319 e. The van der Waals surface area contributed by atoms with Crippen LogP contribution in [0.5, 0.6) is 0 Å². The minimum Gasteiger partial charge on any atom is -0.394 e. The molecule has 0 saturated carbocycles. The maximum absolute atomic E-state index is 12.1. The lowest BCUT2D eigenvalue weighted by Gasteiger charge is -2.17. The standard InChI is InChI=1S/C20H25N3O3/c1-23(2)19(25)13-16-8-10-17(11-9-16)21-20(26)22-18(14-24)12-15-6-4-3-5-7-15/h3-11,18,24H,12-14H2,1-2H3,(H2,21,22,26). The molecule has 0 fully saturated rings. The van der Waals surface area contributed by atoms with E-state index in [4.69, 9.17) is 0 Å². The van der Waals surface area contributed by atoms with Crippen molar-refractivity contribution in [3.8, 4) is 0 Å². The second kappa shape index (κ2) is 9.58. The lowest BCUT2D eigenvalue weighted by molar-refractivity contribution is -0.127. The molecule has 0 heterocycles. The van der Waals surface area contributed by atoms with Gasteiger partial charge < -0.3 is 20.6 Å². The van der Waals surface area contributed by atoms with Crippen LogP contribution >= 0.6 is 0 Å². The number of aliphatic hydroxyl groups excluding tert-OH is 1. The largest absolute Gasteiger partial charge is 0.394 e. The summed E-state index contributed by atoms with van der Waals surface area (Å²) in [4.78, 5) is 25.4. The van der Waals surface area contributed by atoms with E-state index in [2.05, 4.69) is 10.6 Å². The highest BCUT2D eigenvalue weighted by Crippen LogP contribution is 2.11. The second-order valence-corrected chi connectivity index (χ2v) is 6.33. The molecule has 0 aliphatic heterocycles. The SMILES string of the molecule is CN(C)C(=O)Cc1ccc(NC(=O)NC(CO)Cc2ccccc2)cc1. The molecule has 138 valence electrons. The molecule has 6 heteroatoms. The fraction of sp³-hybridized carbons (Fsp3) is 0.300. The Kier molecular flexibility index (Phi) is 7.17. The number of likely N-dealkylation sites (N-methyl/N-ethyl adjacent to an activating group) is 1. The van der Waals surface area contributed by atoms with E-state index in [1.54, 1.807) is 31.1 Å². The first-order valence-corrected chi connectivity index (χ1v) is 8.49. The van der Waals surface area contributed by atoms with Crippen molar-refractivity contribution in [3.05, 3.63) is 65.7 Å². The third-order valence-electron chi connectivity index (χ3n) is 3.95. The van der Waals surface area contributed by atoms with Gasteiger partial charge in [-0.3, -0.25) is 4.79 Å². The molecule has 0 spiro atoms. The number of rotatable bonds is 7. The van der Waals surface area contributed by atoms with E-state index in [-0.39, 0.29) is 24.6 Å². The van der Waals surface area contributed by atoms with Crippen molar-refractivity contribution in [2.75, 3.05) is 26.0 Å². The second-order valence-electron chi connectivity index (χ2n) is 6.33. The van der Waals surface area contributed by atoms with Crippen molar-refractivity contribution in [1.82, 2.24) is 10.2 Å². The maximum atomic E-state index is 12.1. The number of aliphatic hydroxyl groups is 1. The van der Waals surface area contributed by atoms with Gasteiger partial charge >= 0.3 is 6.03 Å². The first kappa shape index (κ1) is 19.5. The predicted molar refractivity (Wildman–Crippen MR) is 102 cm³/mol. The summed E-state index contributed by atoms with van der Waals surface area (Å²) in [5.41, 5.74) is 2.55. The molecule has 1 atom stereocenters. The molecule has 0 bridgehead atoms. The third kappa shape index (κ3) is 6.22. The summed E-state index contributed by atoms with van der Waals surface area (Å²) in [6.45, 7) is -0.145. The van der Waals surface area contributed by atoms with E-state index < -0.39 is 0 Å². The number of hydrogen-bond acceptors (Lipinski definition) is 3. The Morgan fingerprint density at radius 1 is 1.00 bits per heavy atom. The Bertz CT molecular complexity index is 715. The molecule has 0 aliphatic carbocycles. The van der Waals surface area contributed by atoms with Crippen LogP contribution < -0.4 is 10.6 Å². The third-order valence-corrected chi connectivity index (χ3v) is 3.95. The number of anilines is 1. The summed E-state index contributed by atoms with van der Waals surface area (Å²) in [5.74, 6) is 0.0233. The first-order valence-electron chi connectivity index (χ1n) is 8.49. The topological polar surface area (TPSA) is 81.7 Å². The molecule has 26 heavy (non-hydrogen) atoms. The average molecular weight is 355 g/mol. The van der Waals surface area contributed by atoms with Crippen molar-refractivity contribution in [1.29, 1.82) is 0 Å². The van der Waals surface area contributed by atoms with Crippen LogP contribution in [-0.4, -0.2) is 48.7 Å². The van der Waals surface area contributed by atoms with Gasteiger partial charge in [-0.25, -0.2) is 4.79 Å². The molecule has 0 saturated heterocycles. The summed E-state index contributed by atoms with van der Waals surface area (Å²) in [6.07, 6.45) is 0.874. The van der Waals surface area contributed by atoms with Crippen LogP contribution in [0.4, 0.5) is 10.5 Å². The molecule has 0 aliphatic rings. The number of amides is 3. The number of hydrogen-bond donors (Lipinski definition) is 3. The van der Waals surface area contributed by atoms with Crippen molar-refractivity contribution < 1.29 is 14.7 Å². The van der Waals surface area contributed by atoms with Gasteiger partial charge in [0.1, 0.15) is 0 Å². The number of nitrogens with one attached hydrogen (secondary N) is 2. The zero-order chi connectivity index (χ0) is 18.9. The van der Waals surface area contributed by atoms with Gasteiger partial charge in [-0.1, -0.05) is 42.5 Å². The molecule has 3 N–H and O–H groups in total. The van der Waals surface area contributed by atoms with E-state index in [1.807, 2.05) is 42.5 Å². The zero-order valence-electron chi connectivity index (χ0n) is 15.1. The van der Waals surface area contributed by atoms with Crippen LogP contribution in [-0.2, 0) is 17.6 Å². The van der Waals surface area contributed by atoms with E-state index in [1.165, 1.54) is 0 Å². The lowest BCUT2D eigenvalue weighted by Crippen LogP contribution is -2.41. The number of nitrogens with zero attached hydrogens (tertiary/aromatic N) is 1. The molecule has 6 nitrogen and oxygen atoms in total. The molecule has 2 aromatic carbocycles. The zero-order valence-corrected chi connectivity index (χ0v) is 15.1. The summed E-state index contributed by atoms with van der Waals surface area (Å²) in [6, 6.07) is 16.1. The van der Waals surface area contributed by atoms with E-state index >= 15 is 0 Å². The fourth-order valence-corrected chi connectivity index (χ4v) is 2.45. The van der Waals surface area contributed by atoms with Crippen LogP contribution in [0.3, 0.4) is 0 Å².